The molecule has 0 amide bonds. The average molecular weight is 440 g/mol. The zero-order valence-corrected chi connectivity index (χ0v) is 16.8. The molecule has 25 heavy (non-hydrogen) atoms. The van der Waals surface area contributed by atoms with E-state index < -0.39 is 10.0 Å². The minimum Gasteiger partial charge on any atom is -0.298 e. The second kappa shape index (κ2) is 7.98. The van der Waals surface area contributed by atoms with Gasteiger partial charge in [-0.05, 0) is 58.7 Å². The standard InChI is InChI=1S/C17H18BrN3O2S2/c18-16-6-7-17(24-16)25(22,23)21-9-1-8-20(10-11-21)13-15-4-2-14(12-19)3-5-15/h2-7H,1,8-11,13H2. The largest absolute Gasteiger partial charge is 0.298 e. The number of sulfonamides is 1. The fourth-order valence-electron chi connectivity index (χ4n) is 2.85. The SMILES string of the molecule is N#Cc1ccc(CN2CCCN(S(=O)(=O)c3ccc(Br)s3)CC2)cc1. The molecule has 1 aromatic heterocycles. The molecule has 0 N–H and O–H groups in total. The molecular weight excluding hydrogens is 422 g/mol. The summed E-state index contributed by atoms with van der Waals surface area (Å²) in [6.45, 7) is 3.37. The summed E-state index contributed by atoms with van der Waals surface area (Å²) >= 11 is 4.58. The first-order valence-corrected chi connectivity index (χ1v) is 11.0. The van der Waals surface area contributed by atoms with Gasteiger partial charge in [0.1, 0.15) is 4.21 Å². The van der Waals surface area contributed by atoms with E-state index in [9.17, 15) is 8.42 Å². The van der Waals surface area contributed by atoms with Crippen molar-refractivity contribution in [2.45, 2.75) is 17.2 Å². The third kappa shape index (κ3) is 4.49. The van der Waals surface area contributed by atoms with Gasteiger partial charge in [-0.25, -0.2) is 8.42 Å². The van der Waals surface area contributed by atoms with Gasteiger partial charge in [0.2, 0.25) is 0 Å². The third-order valence-corrected chi connectivity index (χ3v) is 8.17. The lowest BCUT2D eigenvalue weighted by Crippen LogP contribution is -2.34. The van der Waals surface area contributed by atoms with Gasteiger partial charge in [0.15, 0.2) is 0 Å². The van der Waals surface area contributed by atoms with Crippen LogP contribution in [-0.4, -0.2) is 43.8 Å². The lowest BCUT2D eigenvalue weighted by Gasteiger charge is -2.21. The van der Waals surface area contributed by atoms with Crippen molar-refractivity contribution in [2.75, 3.05) is 26.2 Å². The highest BCUT2D eigenvalue weighted by Crippen LogP contribution is 2.29. The molecule has 0 radical (unpaired) electrons. The molecule has 132 valence electrons. The van der Waals surface area contributed by atoms with Crippen LogP contribution in [0.3, 0.4) is 0 Å². The summed E-state index contributed by atoms with van der Waals surface area (Å²) < 4.78 is 28.3. The van der Waals surface area contributed by atoms with Crippen molar-refractivity contribution in [2.24, 2.45) is 0 Å². The Morgan fingerprint density at radius 3 is 2.48 bits per heavy atom. The second-order valence-corrected chi connectivity index (χ2v) is 10.5. The van der Waals surface area contributed by atoms with E-state index in [4.69, 9.17) is 5.26 Å². The van der Waals surface area contributed by atoms with Gasteiger partial charge in [0.25, 0.3) is 10.0 Å². The van der Waals surface area contributed by atoms with E-state index in [0.717, 1.165) is 28.9 Å². The summed E-state index contributed by atoms with van der Waals surface area (Å²) in [6.07, 6.45) is 0.808. The van der Waals surface area contributed by atoms with Crippen molar-refractivity contribution in [3.8, 4) is 6.07 Å². The van der Waals surface area contributed by atoms with Crippen molar-refractivity contribution < 1.29 is 8.42 Å². The number of nitrogens with zero attached hydrogens (tertiary/aromatic N) is 3. The highest BCUT2D eigenvalue weighted by molar-refractivity contribution is 9.11. The van der Waals surface area contributed by atoms with Crippen LogP contribution in [0.2, 0.25) is 0 Å². The predicted octanol–water partition coefficient (Wildman–Crippen LogP) is 3.28. The van der Waals surface area contributed by atoms with Gasteiger partial charge >= 0.3 is 0 Å². The molecule has 0 bridgehead atoms. The molecule has 1 saturated heterocycles. The van der Waals surface area contributed by atoms with Gasteiger partial charge in [-0.15, -0.1) is 11.3 Å². The number of benzene rings is 1. The molecule has 1 aromatic carbocycles. The zero-order chi connectivity index (χ0) is 17.9. The van der Waals surface area contributed by atoms with E-state index in [0.29, 0.717) is 29.4 Å². The van der Waals surface area contributed by atoms with Crippen LogP contribution < -0.4 is 0 Å². The molecule has 0 spiro atoms. The first-order chi connectivity index (χ1) is 12.0. The molecule has 0 aliphatic carbocycles. The van der Waals surface area contributed by atoms with Crippen LogP contribution >= 0.6 is 27.3 Å². The van der Waals surface area contributed by atoms with Gasteiger partial charge in [0.05, 0.1) is 15.4 Å². The Morgan fingerprint density at radius 1 is 1.08 bits per heavy atom. The monoisotopic (exact) mass is 439 g/mol. The number of rotatable bonds is 4. The van der Waals surface area contributed by atoms with Crippen molar-refractivity contribution in [1.29, 1.82) is 5.26 Å². The third-order valence-electron chi connectivity index (χ3n) is 4.18. The van der Waals surface area contributed by atoms with E-state index in [1.165, 1.54) is 11.3 Å². The number of thiophene rings is 1. The van der Waals surface area contributed by atoms with E-state index in [1.807, 2.05) is 24.3 Å². The van der Waals surface area contributed by atoms with Gasteiger partial charge in [0, 0.05) is 26.2 Å². The van der Waals surface area contributed by atoms with E-state index in [2.05, 4.69) is 26.9 Å². The Bertz CT molecular complexity index is 872. The number of hydrogen-bond acceptors (Lipinski definition) is 5. The van der Waals surface area contributed by atoms with Crippen LogP contribution in [-0.2, 0) is 16.6 Å². The summed E-state index contributed by atoms with van der Waals surface area (Å²) in [5.41, 5.74) is 1.79. The van der Waals surface area contributed by atoms with Crippen LogP contribution in [0.1, 0.15) is 17.5 Å². The van der Waals surface area contributed by atoms with E-state index in [1.54, 1.807) is 16.4 Å². The van der Waals surface area contributed by atoms with Crippen LogP contribution in [0.15, 0.2) is 44.4 Å². The number of nitriles is 1. The maximum absolute atomic E-state index is 12.8. The molecule has 0 unspecified atom stereocenters. The first-order valence-electron chi connectivity index (χ1n) is 7.96. The molecule has 1 aliphatic heterocycles. The Balaban J connectivity index is 1.65. The Hall–Kier alpha value is -1.24. The quantitative estimate of drug-likeness (QED) is 0.732. The highest BCUT2D eigenvalue weighted by atomic mass is 79.9. The maximum Gasteiger partial charge on any atom is 0.252 e. The topological polar surface area (TPSA) is 64.4 Å². The molecule has 5 nitrogen and oxygen atoms in total. The Kier molecular flexibility index (Phi) is 5.92. The molecule has 1 fully saturated rings. The molecule has 2 heterocycles. The molecule has 3 rings (SSSR count). The van der Waals surface area contributed by atoms with Crippen LogP contribution in [0.5, 0.6) is 0 Å². The zero-order valence-electron chi connectivity index (χ0n) is 13.6. The molecule has 8 heteroatoms. The van der Waals surface area contributed by atoms with Gasteiger partial charge in [-0.3, -0.25) is 4.90 Å². The van der Waals surface area contributed by atoms with Crippen molar-refractivity contribution >= 4 is 37.3 Å². The summed E-state index contributed by atoms with van der Waals surface area (Å²) in [4.78, 5) is 2.27. The molecule has 1 aliphatic rings. The molecule has 0 saturated carbocycles. The fraction of sp³-hybridized carbons (Fsp3) is 0.353. The smallest absolute Gasteiger partial charge is 0.252 e. The van der Waals surface area contributed by atoms with Gasteiger partial charge in [-0.1, -0.05) is 12.1 Å². The summed E-state index contributed by atoms with van der Waals surface area (Å²) in [7, 11) is -3.41. The number of hydrogen-bond donors (Lipinski definition) is 0. The number of halogens is 1. The predicted molar refractivity (Wildman–Crippen MR) is 102 cm³/mol. The van der Waals surface area contributed by atoms with Crippen LogP contribution in [0.4, 0.5) is 0 Å². The van der Waals surface area contributed by atoms with Crippen molar-refractivity contribution in [3.05, 3.63) is 51.3 Å². The summed E-state index contributed by atoms with van der Waals surface area (Å²) in [5.74, 6) is 0. The summed E-state index contributed by atoms with van der Waals surface area (Å²) in [6, 6.07) is 13.1. The minimum absolute atomic E-state index is 0.389. The lowest BCUT2D eigenvalue weighted by atomic mass is 10.1. The van der Waals surface area contributed by atoms with Gasteiger partial charge in [-0.2, -0.15) is 9.57 Å². The highest BCUT2D eigenvalue weighted by Gasteiger charge is 2.28. The van der Waals surface area contributed by atoms with Gasteiger partial charge < -0.3 is 0 Å². The molecular formula is C17H18BrN3O2S2. The lowest BCUT2D eigenvalue weighted by molar-refractivity contribution is 0.278. The molecule has 0 atom stereocenters. The summed E-state index contributed by atoms with van der Waals surface area (Å²) in [5, 5.41) is 8.86. The van der Waals surface area contributed by atoms with E-state index in [-0.39, 0.29) is 0 Å². The second-order valence-electron chi connectivity index (χ2n) is 5.90. The fourth-order valence-corrected chi connectivity index (χ4v) is 6.49. The maximum atomic E-state index is 12.8. The normalized spacial score (nSPS) is 17.1. The Labute approximate surface area is 160 Å². The van der Waals surface area contributed by atoms with Crippen LogP contribution in [0, 0.1) is 11.3 Å². The van der Waals surface area contributed by atoms with E-state index >= 15 is 0 Å². The van der Waals surface area contributed by atoms with Crippen molar-refractivity contribution in [3.63, 3.8) is 0 Å². The minimum atomic E-state index is -3.41. The molecule has 2 aromatic rings. The van der Waals surface area contributed by atoms with Crippen LogP contribution in [0.25, 0.3) is 0 Å². The first kappa shape index (κ1) is 18.5. The average Bonchev–Trinajstić information content (AvgIpc) is 2.91. The Morgan fingerprint density at radius 2 is 1.84 bits per heavy atom. The van der Waals surface area contributed by atoms with Crippen molar-refractivity contribution in [1.82, 2.24) is 9.21 Å².